The van der Waals surface area contributed by atoms with Crippen molar-refractivity contribution in [3.63, 3.8) is 0 Å². The zero-order chi connectivity index (χ0) is 14.8. The van der Waals surface area contributed by atoms with Crippen LogP contribution in [0.1, 0.15) is 31.7 Å². The fourth-order valence-electron chi connectivity index (χ4n) is 2.29. The molecule has 0 spiro atoms. The summed E-state index contributed by atoms with van der Waals surface area (Å²) in [5, 5.41) is 12.3. The minimum atomic E-state index is -0.991. The lowest BCUT2D eigenvalue weighted by molar-refractivity contribution is -0.142. The maximum absolute atomic E-state index is 12.3. The molecule has 108 valence electrons. The molecular formula is C15H18ClNO3. The molecule has 20 heavy (non-hydrogen) atoms. The second-order valence-electron chi connectivity index (χ2n) is 5.32. The predicted molar refractivity (Wildman–Crippen MR) is 76.7 cm³/mol. The highest BCUT2D eigenvalue weighted by Crippen LogP contribution is 2.49. The van der Waals surface area contributed by atoms with Gasteiger partial charge in [-0.05, 0) is 37.3 Å². The smallest absolute Gasteiger partial charge is 0.326 e. The maximum atomic E-state index is 12.3. The van der Waals surface area contributed by atoms with Crippen LogP contribution in [-0.2, 0) is 16.0 Å². The maximum Gasteiger partial charge on any atom is 0.326 e. The Labute approximate surface area is 123 Å². The largest absolute Gasteiger partial charge is 0.480 e. The summed E-state index contributed by atoms with van der Waals surface area (Å²) in [4.78, 5) is 23.3. The first-order valence-corrected chi connectivity index (χ1v) is 7.13. The monoisotopic (exact) mass is 295 g/mol. The van der Waals surface area contributed by atoms with Crippen LogP contribution < -0.4 is 5.32 Å². The van der Waals surface area contributed by atoms with Crippen LogP contribution in [-0.4, -0.2) is 23.0 Å². The average molecular weight is 296 g/mol. The second kappa shape index (κ2) is 5.83. The number of amides is 1. The molecule has 0 aliphatic heterocycles. The van der Waals surface area contributed by atoms with Gasteiger partial charge in [0.25, 0.3) is 0 Å². The van der Waals surface area contributed by atoms with Crippen LogP contribution in [0.4, 0.5) is 0 Å². The van der Waals surface area contributed by atoms with E-state index in [2.05, 4.69) is 5.32 Å². The third kappa shape index (κ3) is 3.12. The third-order valence-corrected chi connectivity index (χ3v) is 4.20. The molecule has 0 aromatic heterocycles. The zero-order valence-electron chi connectivity index (χ0n) is 11.4. The molecule has 1 saturated carbocycles. The Balaban J connectivity index is 2.06. The van der Waals surface area contributed by atoms with Crippen LogP contribution in [0.2, 0.25) is 5.02 Å². The third-order valence-electron chi connectivity index (χ3n) is 3.83. The van der Waals surface area contributed by atoms with E-state index in [4.69, 9.17) is 16.7 Å². The van der Waals surface area contributed by atoms with E-state index in [0.29, 0.717) is 17.9 Å². The Kier molecular flexibility index (Phi) is 4.33. The SMILES string of the molecule is CCC(NC(=O)C1(Cc2ccccc2Cl)CC1)C(=O)O. The predicted octanol–water partition coefficient (Wildman–Crippen LogP) is 2.64. The minimum absolute atomic E-state index is 0.174. The van der Waals surface area contributed by atoms with Crippen molar-refractivity contribution in [3.8, 4) is 0 Å². The van der Waals surface area contributed by atoms with Gasteiger partial charge in [-0.2, -0.15) is 0 Å². The molecule has 2 N–H and O–H groups in total. The van der Waals surface area contributed by atoms with Crippen molar-refractivity contribution >= 4 is 23.5 Å². The molecule has 5 heteroatoms. The molecule has 0 radical (unpaired) electrons. The van der Waals surface area contributed by atoms with Crippen LogP contribution in [0.5, 0.6) is 0 Å². The Morgan fingerprint density at radius 1 is 1.40 bits per heavy atom. The molecule has 1 aliphatic rings. The van der Waals surface area contributed by atoms with E-state index < -0.39 is 17.4 Å². The van der Waals surface area contributed by atoms with Gasteiger partial charge < -0.3 is 10.4 Å². The molecule has 1 atom stereocenters. The summed E-state index contributed by atoms with van der Waals surface area (Å²) in [5.41, 5.74) is 0.457. The van der Waals surface area contributed by atoms with E-state index in [9.17, 15) is 9.59 Å². The summed E-state index contributed by atoms with van der Waals surface area (Å²) >= 11 is 6.12. The molecule has 1 fully saturated rings. The molecular weight excluding hydrogens is 278 g/mol. The molecule has 0 bridgehead atoms. The molecule has 1 aromatic carbocycles. The Morgan fingerprint density at radius 3 is 2.55 bits per heavy atom. The highest BCUT2D eigenvalue weighted by atomic mass is 35.5. The lowest BCUT2D eigenvalue weighted by Crippen LogP contribution is -2.44. The number of carbonyl (C=O) groups excluding carboxylic acids is 1. The number of nitrogens with one attached hydrogen (secondary N) is 1. The van der Waals surface area contributed by atoms with Gasteiger partial charge in [0.05, 0.1) is 5.41 Å². The van der Waals surface area contributed by atoms with Gasteiger partial charge in [0.1, 0.15) is 6.04 Å². The highest BCUT2D eigenvalue weighted by Gasteiger charge is 2.50. The van der Waals surface area contributed by atoms with E-state index in [-0.39, 0.29) is 5.91 Å². The van der Waals surface area contributed by atoms with Crippen molar-refractivity contribution in [2.45, 2.75) is 38.6 Å². The molecule has 1 amide bonds. The Morgan fingerprint density at radius 2 is 2.05 bits per heavy atom. The number of hydrogen-bond acceptors (Lipinski definition) is 2. The lowest BCUT2D eigenvalue weighted by atomic mass is 9.95. The molecule has 1 aromatic rings. The Hall–Kier alpha value is -1.55. The molecule has 1 unspecified atom stereocenters. The molecule has 2 rings (SSSR count). The number of benzene rings is 1. The first-order chi connectivity index (χ1) is 9.48. The van der Waals surface area contributed by atoms with Gasteiger partial charge in [-0.3, -0.25) is 4.79 Å². The summed E-state index contributed by atoms with van der Waals surface area (Å²) in [5.74, 6) is -1.17. The summed E-state index contributed by atoms with van der Waals surface area (Å²) < 4.78 is 0. The number of carbonyl (C=O) groups is 2. The topological polar surface area (TPSA) is 66.4 Å². The van der Waals surface area contributed by atoms with Crippen LogP contribution in [0, 0.1) is 5.41 Å². The van der Waals surface area contributed by atoms with Gasteiger partial charge in [0, 0.05) is 5.02 Å². The van der Waals surface area contributed by atoms with Gasteiger partial charge in [-0.25, -0.2) is 4.79 Å². The van der Waals surface area contributed by atoms with E-state index in [1.165, 1.54) is 0 Å². The van der Waals surface area contributed by atoms with E-state index in [1.54, 1.807) is 13.0 Å². The van der Waals surface area contributed by atoms with Gasteiger partial charge in [0.15, 0.2) is 0 Å². The van der Waals surface area contributed by atoms with Crippen molar-refractivity contribution < 1.29 is 14.7 Å². The second-order valence-corrected chi connectivity index (χ2v) is 5.73. The highest BCUT2D eigenvalue weighted by molar-refractivity contribution is 6.31. The summed E-state index contributed by atoms with van der Waals surface area (Å²) in [6, 6.07) is 6.64. The molecule has 0 heterocycles. The molecule has 4 nitrogen and oxygen atoms in total. The van der Waals surface area contributed by atoms with Crippen LogP contribution >= 0.6 is 11.6 Å². The van der Waals surface area contributed by atoms with Crippen molar-refractivity contribution in [2.75, 3.05) is 0 Å². The van der Waals surface area contributed by atoms with Crippen molar-refractivity contribution in [2.24, 2.45) is 5.41 Å². The van der Waals surface area contributed by atoms with Crippen molar-refractivity contribution in [1.29, 1.82) is 0 Å². The minimum Gasteiger partial charge on any atom is -0.480 e. The lowest BCUT2D eigenvalue weighted by Gasteiger charge is -2.19. The van der Waals surface area contributed by atoms with Gasteiger partial charge in [0.2, 0.25) is 5.91 Å². The number of halogens is 1. The molecule has 1 aliphatic carbocycles. The standard InChI is InChI=1S/C15H18ClNO3/c1-2-12(13(18)19)17-14(20)15(7-8-15)9-10-5-3-4-6-11(10)16/h3-6,12H,2,7-9H2,1H3,(H,17,20)(H,18,19). The number of hydrogen-bond donors (Lipinski definition) is 2. The number of carboxylic acids is 1. The fourth-order valence-corrected chi connectivity index (χ4v) is 2.49. The van der Waals surface area contributed by atoms with E-state index >= 15 is 0 Å². The first kappa shape index (κ1) is 14.9. The summed E-state index contributed by atoms with van der Waals surface area (Å²) in [6.45, 7) is 1.74. The Bertz CT molecular complexity index is 526. The van der Waals surface area contributed by atoms with Crippen LogP contribution in [0.3, 0.4) is 0 Å². The van der Waals surface area contributed by atoms with Gasteiger partial charge in [-0.1, -0.05) is 36.7 Å². The number of carboxylic acid groups (broad SMARTS) is 1. The average Bonchev–Trinajstić information content (AvgIpc) is 3.19. The normalized spacial score (nSPS) is 17.3. The van der Waals surface area contributed by atoms with Gasteiger partial charge >= 0.3 is 5.97 Å². The van der Waals surface area contributed by atoms with E-state index in [1.807, 2.05) is 18.2 Å². The van der Waals surface area contributed by atoms with Crippen LogP contribution in [0.25, 0.3) is 0 Å². The number of aliphatic carboxylic acids is 1. The van der Waals surface area contributed by atoms with Crippen LogP contribution in [0.15, 0.2) is 24.3 Å². The van der Waals surface area contributed by atoms with Crippen molar-refractivity contribution in [3.05, 3.63) is 34.9 Å². The number of rotatable bonds is 6. The van der Waals surface area contributed by atoms with E-state index in [0.717, 1.165) is 18.4 Å². The first-order valence-electron chi connectivity index (χ1n) is 6.76. The fraction of sp³-hybridized carbons (Fsp3) is 0.467. The van der Waals surface area contributed by atoms with Crippen molar-refractivity contribution in [1.82, 2.24) is 5.32 Å². The quantitative estimate of drug-likeness (QED) is 0.848. The summed E-state index contributed by atoms with van der Waals surface area (Å²) in [7, 11) is 0. The molecule has 0 saturated heterocycles. The summed E-state index contributed by atoms with van der Waals surface area (Å²) in [6.07, 6.45) is 2.50. The zero-order valence-corrected chi connectivity index (χ0v) is 12.1. The van der Waals surface area contributed by atoms with Gasteiger partial charge in [-0.15, -0.1) is 0 Å².